The zero-order valence-electron chi connectivity index (χ0n) is 27.5. The van der Waals surface area contributed by atoms with Gasteiger partial charge in [0.1, 0.15) is 5.82 Å². The molecule has 51 heavy (non-hydrogen) atoms. The van der Waals surface area contributed by atoms with Gasteiger partial charge in [0.25, 0.3) is 0 Å². The second-order valence-corrected chi connectivity index (χ2v) is 14.2. The fraction of sp³-hybridized carbons (Fsp3) is 0. The molecule has 0 spiro atoms. The molecule has 3 nitrogen and oxygen atoms in total. The van der Waals surface area contributed by atoms with Crippen molar-refractivity contribution in [3.63, 3.8) is 0 Å². The molecular weight excluding hydrogens is 639 g/mol. The average molecular weight is 668 g/mol. The molecule has 4 heterocycles. The molecule has 7 aromatic carbocycles. The van der Waals surface area contributed by atoms with Crippen molar-refractivity contribution in [3.05, 3.63) is 176 Å². The van der Waals surface area contributed by atoms with Crippen molar-refractivity contribution in [3.8, 4) is 33.9 Å². The van der Waals surface area contributed by atoms with E-state index in [4.69, 9.17) is 4.98 Å². The molecule has 0 saturated heterocycles. The Kier molecular flexibility index (Phi) is 6.12. The van der Waals surface area contributed by atoms with E-state index in [9.17, 15) is 0 Å². The zero-order chi connectivity index (χ0) is 33.5. The van der Waals surface area contributed by atoms with E-state index in [1.54, 1.807) is 0 Å². The van der Waals surface area contributed by atoms with Gasteiger partial charge in [-0.3, -0.25) is 4.57 Å². The Morgan fingerprint density at radius 3 is 1.73 bits per heavy atom. The van der Waals surface area contributed by atoms with Gasteiger partial charge in [-0.15, -0.1) is 11.3 Å². The van der Waals surface area contributed by atoms with Crippen molar-refractivity contribution in [2.75, 3.05) is 0 Å². The van der Waals surface area contributed by atoms with Gasteiger partial charge in [-0.2, -0.15) is 0 Å². The first-order chi connectivity index (χ1) is 25.3. The Morgan fingerprint density at radius 2 is 0.980 bits per heavy atom. The summed E-state index contributed by atoms with van der Waals surface area (Å²) in [5.74, 6) is 0.904. The monoisotopic (exact) mass is 667 g/mol. The van der Waals surface area contributed by atoms with Crippen molar-refractivity contribution in [2.45, 2.75) is 0 Å². The molecule has 0 aliphatic heterocycles. The smallest absolute Gasteiger partial charge is 0.138 e. The Labute approximate surface area is 297 Å². The summed E-state index contributed by atoms with van der Waals surface area (Å²) < 4.78 is 7.33. The molecule has 0 unspecified atom stereocenters. The molecule has 0 fully saturated rings. The van der Waals surface area contributed by atoms with Crippen LogP contribution < -0.4 is 0 Å². The molecule has 4 aromatic heterocycles. The number of hydrogen-bond donors (Lipinski definition) is 0. The van der Waals surface area contributed by atoms with Crippen LogP contribution in [0.15, 0.2) is 176 Å². The van der Waals surface area contributed by atoms with E-state index in [0.717, 1.165) is 39.4 Å². The normalized spacial score (nSPS) is 11.9. The van der Waals surface area contributed by atoms with Crippen molar-refractivity contribution in [1.29, 1.82) is 0 Å². The van der Waals surface area contributed by atoms with Crippen LogP contribution in [-0.2, 0) is 0 Å². The molecule has 11 rings (SSSR count). The van der Waals surface area contributed by atoms with Gasteiger partial charge in [-0.25, -0.2) is 4.98 Å². The maximum absolute atomic E-state index is 5.55. The predicted octanol–water partition coefficient (Wildman–Crippen LogP) is 13.0. The van der Waals surface area contributed by atoms with Crippen molar-refractivity contribution < 1.29 is 0 Å². The highest BCUT2D eigenvalue weighted by atomic mass is 32.1. The third-order valence-corrected chi connectivity index (χ3v) is 11.5. The van der Waals surface area contributed by atoms with Gasteiger partial charge in [0.2, 0.25) is 0 Å². The van der Waals surface area contributed by atoms with Gasteiger partial charge in [-0.1, -0.05) is 121 Å². The SMILES string of the molecule is c1ccc(-c2cc(-c3cccc4c3sc3ccccc34)nc(-n3c4ccccc4c4cc5c(cc43)c3ccccc3n5-c3ccccc3)c2)cc1. The van der Waals surface area contributed by atoms with Crippen LogP contribution in [0.4, 0.5) is 0 Å². The van der Waals surface area contributed by atoms with E-state index in [0.29, 0.717) is 0 Å². The molecule has 0 N–H and O–H groups in total. The third kappa shape index (κ3) is 4.27. The van der Waals surface area contributed by atoms with Crippen molar-refractivity contribution in [2.24, 2.45) is 0 Å². The minimum atomic E-state index is 0.904. The Bertz CT molecular complexity index is 3130. The lowest BCUT2D eigenvalue weighted by Gasteiger charge is -2.13. The quantitative estimate of drug-likeness (QED) is 0.183. The number of para-hydroxylation sites is 3. The minimum Gasteiger partial charge on any atom is -0.309 e. The second kappa shape index (κ2) is 11.0. The summed E-state index contributed by atoms with van der Waals surface area (Å²) in [5, 5.41) is 7.44. The fourth-order valence-electron chi connectivity index (χ4n) is 8.05. The highest BCUT2D eigenvalue weighted by molar-refractivity contribution is 7.26. The summed E-state index contributed by atoms with van der Waals surface area (Å²) in [4.78, 5) is 5.55. The highest BCUT2D eigenvalue weighted by Gasteiger charge is 2.20. The summed E-state index contributed by atoms with van der Waals surface area (Å²) in [6, 6.07) is 63.5. The van der Waals surface area contributed by atoms with Crippen LogP contribution in [0.3, 0.4) is 0 Å². The number of fused-ring (bicyclic) bond motifs is 9. The van der Waals surface area contributed by atoms with Gasteiger partial charge in [-0.05, 0) is 65.7 Å². The summed E-state index contributed by atoms with van der Waals surface area (Å²) >= 11 is 1.85. The second-order valence-electron chi connectivity index (χ2n) is 13.2. The average Bonchev–Trinajstić information content (AvgIpc) is 3.85. The third-order valence-electron chi connectivity index (χ3n) is 10.3. The van der Waals surface area contributed by atoms with E-state index < -0.39 is 0 Å². The van der Waals surface area contributed by atoms with Gasteiger partial charge in [0.15, 0.2) is 0 Å². The van der Waals surface area contributed by atoms with E-state index >= 15 is 0 Å². The van der Waals surface area contributed by atoms with Crippen LogP contribution in [0.2, 0.25) is 0 Å². The van der Waals surface area contributed by atoms with Gasteiger partial charge in [0, 0.05) is 53.0 Å². The fourth-order valence-corrected chi connectivity index (χ4v) is 9.27. The van der Waals surface area contributed by atoms with Crippen LogP contribution >= 0.6 is 11.3 Å². The number of rotatable bonds is 4. The maximum Gasteiger partial charge on any atom is 0.138 e. The first kappa shape index (κ1) is 28.4. The summed E-state index contributed by atoms with van der Waals surface area (Å²) in [6.07, 6.45) is 0. The van der Waals surface area contributed by atoms with Crippen molar-refractivity contribution in [1.82, 2.24) is 14.1 Å². The Hall–Kier alpha value is -6.49. The number of benzene rings is 7. The molecule has 0 aliphatic carbocycles. The van der Waals surface area contributed by atoms with Gasteiger partial charge < -0.3 is 4.57 Å². The van der Waals surface area contributed by atoms with Gasteiger partial charge in [0.05, 0.1) is 27.8 Å². The van der Waals surface area contributed by atoms with E-state index in [2.05, 4.69) is 185 Å². The Balaban J connectivity index is 1.24. The van der Waals surface area contributed by atoms with Gasteiger partial charge >= 0.3 is 0 Å². The summed E-state index contributed by atoms with van der Waals surface area (Å²) in [5.41, 5.74) is 10.3. The molecule has 4 heteroatoms. The lowest BCUT2D eigenvalue weighted by Crippen LogP contribution is -2.00. The molecule has 0 atom stereocenters. The number of hydrogen-bond acceptors (Lipinski definition) is 2. The Morgan fingerprint density at radius 1 is 0.392 bits per heavy atom. The molecule has 0 amide bonds. The van der Waals surface area contributed by atoms with Crippen LogP contribution in [-0.4, -0.2) is 14.1 Å². The predicted molar refractivity (Wildman–Crippen MR) is 217 cm³/mol. The molecule has 11 aromatic rings. The molecular formula is C47H29N3S. The lowest BCUT2D eigenvalue weighted by molar-refractivity contribution is 1.09. The van der Waals surface area contributed by atoms with Crippen molar-refractivity contribution >= 4 is 75.1 Å². The largest absolute Gasteiger partial charge is 0.309 e. The zero-order valence-corrected chi connectivity index (χ0v) is 28.3. The van der Waals surface area contributed by atoms with Crippen LogP contribution in [0.1, 0.15) is 0 Å². The topological polar surface area (TPSA) is 22.8 Å². The summed E-state index contributed by atoms with van der Waals surface area (Å²) in [7, 11) is 0. The molecule has 0 aliphatic rings. The standard InChI is InChI=1S/C47H29N3S/c1-3-14-30(15-4-1)31-26-40(37-22-13-21-36-35-20-9-12-25-45(35)51-47(36)37)48-46(27-31)50-42-24-11-8-19-34(42)39-28-43-38(29-44(39)50)33-18-7-10-23-41(33)49(43)32-16-5-2-6-17-32/h1-29H. The first-order valence-electron chi connectivity index (χ1n) is 17.3. The van der Waals surface area contributed by atoms with E-state index in [1.807, 2.05) is 11.3 Å². The van der Waals surface area contributed by atoms with Crippen LogP contribution in [0.5, 0.6) is 0 Å². The van der Waals surface area contributed by atoms with E-state index in [1.165, 1.54) is 58.3 Å². The molecule has 238 valence electrons. The first-order valence-corrected chi connectivity index (χ1v) is 18.1. The molecule has 0 saturated carbocycles. The lowest BCUT2D eigenvalue weighted by atomic mass is 10.0. The minimum absolute atomic E-state index is 0.904. The number of aromatic nitrogens is 3. The highest BCUT2D eigenvalue weighted by Crippen LogP contribution is 2.42. The van der Waals surface area contributed by atoms with E-state index in [-0.39, 0.29) is 0 Å². The van der Waals surface area contributed by atoms with Crippen LogP contribution in [0.25, 0.3) is 97.7 Å². The molecule has 0 radical (unpaired) electrons. The maximum atomic E-state index is 5.55. The number of thiophene rings is 1. The number of nitrogens with zero attached hydrogens (tertiary/aromatic N) is 3. The summed E-state index contributed by atoms with van der Waals surface area (Å²) in [6.45, 7) is 0. The van der Waals surface area contributed by atoms with Crippen LogP contribution in [0, 0.1) is 0 Å². The molecule has 0 bridgehead atoms. The number of pyridine rings is 1.